The number of rotatable bonds is 6. The minimum absolute atomic E-state index is 0.0603. The zero-order valence-electron chi connectivity index (χ0n) is 18.8. The van der Waals surface area contributed by atoms with Gasteiger partial charge in [0, 0.05) is 36.3 Å². The van der Waals surface area contributed by atoms with Crippen molar-refractivity contribution < 1.29 is 14.3 Å². The largest absolute Gasteiger partial charge is 0.493 e. The second-order valence-corrected chi connectivity index (χ2v) is 7.58. The number of fused-ring (bicyclic) bond motifs is 1. The molecule has 6 nitrogen and oxygen atoms in total. The van der Waals surface area contributed by atoms with Gasteiger partial charge < -0.3 is 15.0 Å². The number of aromatic nitrogens is 1. The van der Waals surface area contributed by atoms with Crippen LogP contribution >= 0.6 is 0 Å². The molecule has 1 heterocycles. The maximum Gasteiger partial charge on any atom is 0.256 e. The molecule has 4 rings (SSSR count). The number of hydrogen-bond acceptors (Lipinski definition) is 4. The summed E-state index contributed by atoms with van der Waals surface area (Å²) in [4.78, 5) is 31.2. The fourth-order valence-electron chi connectivity index (χ4n) is 3.61. The highest BCUT2D eigenvalue weighted by atomic mass is 16.5. The number of para-hydroxylation sites is 2. The Kier molecular flexibility index (Phi) is 6.36. The number of anilines is 2. The standard InChI is InChI=1S/C27H25N3O3/c1-4-33-26-12-8-6-10-22(26)25-17-23(21-9-5-7-11-24(21)29-25)27(32)28-19-13-15-20(16-14-19)30(3)18(2)31/h5-17H,4H2,1-3H3,(H,28,32). The van der Waals surface area contributed by atoms with Crippen LogP contribution in [0.15, 0.2) is 78.9 Å². The maximum absolute atomic E-state index is 13.3. The lowest BCUT2D eigenvalue weighted by molar-refractivity contribution is -0.116. The summed E-state index contributed by atoms with van der Waals surface area (Å²) in [5.41, 5.74) is 4.14. The second kappa shape index (κ2) is 9.53. The lowest BCUT2D eigenvalue weighted by Crippen LogP contribution is -2.22. The van der Waals surface area contributed by atoms with Gasteiger partial charge in [-0.2, -0.15) is 0 Å². The van der Waals surface area contributed by atoms with Gasteiger partial charge in [-0.15, -0.1) is 0 Å². The van der Waals surface area contributed by atoms with Crippen molar-refractivity contribution in [2.24, 2.45) is 0 Å². The quantitative estimate of drug-likeness (QED) is 0.428. The summed E-state index contributed by atoms with van der Waals surface area (Å²) in [6, 6.07) is 24.2. The Morgan fingerprint density at radius 1 is 0.970 bits per heavy atom. The summed E-state index contributed by atoms with van der Waals surface area (Å²) in [5, 5.41) is 3.73. The van der Waals surface area contributed by atoms with E-state index >= 15 is 0 Å². The molecule has 0 bridgehead atoms. The lowest BCUT2D eigenvalue weighted by Gasteiger charge is -2.16. The first-order valence-corrected chi connectivity index (χ1v) is 10.8. The zero-order valence-corrected chi connectivity index (χ0v) is 18.8. The zero-order chi connectivity index (χ0) is 23.4. The molecule has 6 heteroatoms. The predicted octanol–water partition coefficient (Wildman–Crippen LogP) is 5.54. The van der Waals surface area contributed by atoms with E-state index in [0.717, 1.165) is 27.9 Å². The van der Waals surface area contributed by atoms with Gasteiger partial charge in [0.25, 0.3) is 5.91 Å². The van der Waals surface area contributed by atoms with Gasteiger partial charge in [0.2, 0.25) is 5.91 Å². The topological polar surface area (TPSA) is 71.5 Å². The molecule has 3 aromatic carbocycles. The van der Waals surface area contributed by atoms with Crippen LogP contribution in [-0.2, 0) is 4.79 Å². The van der Waals surface area contributed by atoms with Gasteiger partial charge in [0.1, 0.15) is 5.75 Å². The Hall–Kier alpha value is -4.19. The normalized spacial score (nSPS) is 10.6. The summed E-state index contributed by atoms with van der Waals surface area (Å²) in [5.74, 6) is 0.422. The molecule has 1 aromatic heterocycles. The fraction of sp³-hybridized carbons (Fsp3) is 0.148. The molecule has 166 valence electrons. The molecule has 4 aromatic rings. The first-order chi connectivity index (χ1) is 16.0. The molecule has 0 atom stereocenters. The molecule has 0 fully saturated rings. The van der Waals surface area contributed by atoms with E-state index in [1.807, 2.05) is 55.5 Å². The number of carbonyl (C=O) groups is 2. The molecule has 0 aliphatic carbocycles. The number of amides is 2. The number of pyridine rings is 1. The molecule has 33 heavy (non-hydrogen) atoms. The molecule has 0 aliphatic rings. The minimum Gasteiger partial charge on any atom is -0.493 e. The van der Waals surface area contributed by atoms with E-state index in [1.54, 1.807) is 42.3 Å². The fourth-order valence-corrected chi connectivity index (χ4v) is 3.61. The van der Waals surface area contributed by atoms with Crippen LogP contribution in [0.3, 0.4) is 0 Å². The van der Waals surface area contributed by atoms with Gasteiger partial charge in [0.15, 0.2) is 0 Å². The molecule has 0 spiro atoms. The van der Waals surface area contributed by atoms with Gasteiger partial charge in [-0.05, 0) is 55.5 Å². The Morgan fingerprint density at radius 3 is 2.39 bits per heavy atom. The Bertz CT molecular complexity index is 1320. The van der Waals surface area contributed by atoms with Crippen molar-refractivity contribution in [2.45, 2.75) is 13.8 Å². The van der Waals surface area contributed by atoms with Gasteiger partial charge in [-0.3, -0.25) is 9.59 Å². The van der Waals surface area contributed by atoms with Crippen molar-refractivity contribution in [1.82, 2.24) is 4.98 Å². The summed E-state index contributed by atoms with van der Waals surface area (Å²) in [6.07, 6.45) is 0. The highest BCUT2D eigenvalue weighted by Crippen LogP contribution is 2.32. The molecule has 0 radical (unpaired) electrons. The number of ether oxygens (including phenoxy) is 1. The van der Waals surface area contributed by atoms with Crippen LogP contribution in [0.25, 0.3) is 22.2 Å². The average Bonchev–Trinajstić information content (AvgIpc) is 2.84. The van der Waals surface area contributed by atoms with Gasteiger partial charge in [-0.25, -0.2) is 4.98 Å². The van der Waals surface area contributed by atoms with Crippen molar-refractivity contribution in [3.05, 3.63) is 84.4 Å². The summed E-state index contributed by atoms with van der Waals surface area (Å²) < 4.78 is 5.78. The average molecular weight is 440 g/mol. The molecule has 0 unspecified atom stereocenters. The molecule has 0 saturated heterocycles. The monoisotopic (exact) mass is 439 g/mol. The summed E-state index contributed by atoms with van der Waals surface area (Å²) in [7, 11) is 1.71. The number of benzene rings is 3. The number of nitrogens with one attached hydrogen (secondary N) is 1. The van der Waals surface area contributed by atoms with Crippen LogP contribution in [0.5, 0.6) is 5.75 Å². The van der Waals surface area contributed by atoms with E-state index in [9.17, 15) is 9.59 Å². The lowest BCUT2D eigenvalue weighted by atomic mass is 10.0. The minimum atomic E-state index is -0.239. The van der Waals surface area contributed by atoms with Gasteiger partial charge in [0.05, 0.1) is 23.4 Å². The van der Waals surface area contributed by atoms with E-state index in [4.69, 9.17) is 9.72 Å². The Morgan fingerprint density at radius 2 is 1.67 bits per heavy atom. The van der Waals surface area contributed by atoms with Crippen LogP contribution in [0.4, 0.5) is 11.4 Å². The Labute approximate surface area is 192 Å². The number of hydrogen-bond donors (Lipinski definition) is 1. The molecular formula is C27H25N3O3. The van der Waals surface area contributed by atoms with Crippen LogP contribution in [0, 0.1) is 0 Å². The van der Waals surface area contributed by atoms with Crippen molar-refractivity contribution in [2.75, 3.05) is 23.9 Å². The third-order valence-electron chi connectivity index (χ3n) is 5.41. The van der Waals surface area contributed by atoms with E-state index < -0.39 is 0 Å². The van der Waals surface area contributed by atoms with Gasteiger partial charge in [-0.1, -0.05) is 30.3 Å². The van der Waals surface area contributed by atoms with Crippen molar-refractivity contribution in [1.29, 1.82) is 0 Å². The highest BCUT2D eigenvalue weighted by Gasteiger charge is 2.16. The third-order valence-corrected chi connectivity index (χ3v) is 5.41. The summed E-state index contributed by atoms with van der Waals surface area (Å²) in [6.45, 7) is 3.97. The smallest absolute Gasteiger partial charge is 0.256 e. The van der Waals surface area contributed by atoms with E-state index in [-0.39, 0.29) is 11.8 Å². The van der Waals surface area contributed by atoms with E-state index in [0.29, 0.717) is 23.6 Å². The van der Waals surface area contributed by atoms with Crippen LogP contribution in [-0.4, -0.2) is 30.5 Å². The number of carbonyl (C=O) groups excluding carboxylic acids is 2. The van der Waals surface area contributed by atoms with E-state index in [2.05, 4.69) is 5.32 Å². The van der Waals surface area contributed by atoms with Crippen LogP contribution in [0.1, 0.15) is 24.2 Å². The molecule has 1 N–H and O–H groups in total. The molecular weight excluding hydrogens is 414 g/mol. The molecule has 0 aliphatic heterocycles. The highest BCUT2D eigenvalue weighted by molar-refractivity contribution is 6.13. The molecule has 0 saturated carbocycles. The van der Waals surface area contributed by atoms with Crippen molar-refractivity contribution in [3.63, 3.8) is 0 Å². The first kappa shape index (κ1) is 22.0. The van der Waals surface area contributed by atoms with Gasteiger partial charge >= 0.3 is 0 Å². The first-order valence-electron chi connectivity index (χ1n) is 10.8. The predicted molar refractivity (Wildman–Crippen MR) is 132 cm³/mol. The van der Waals surface area contributed by atoms with Crippen molar-refractivity contribution >= 4 is 34.1 Å². The van der Waals surface area contributed by atoms with Crippen LogP contribution in [0.2, 0.25) is 0 Å². The van der Waals surface area contributed by atoms with E-state index in [1.165, 1.54) is 6.92 Å². The third kappa shape index (κ3) is 4.70. The maximum atomic E-state index is 13.3. The second-order valence-electron chi connectivity index (χ2n) is 7.58. The van der Waals surface area contributed by atoms with Crippen LogP contribution < -0.4 is 15.0 Å². The molecule has 2 amide bonds. The number of nitrogens with zero attached hydrogens (tertiary/aromatic N) is 2. The van der Waals surface area contributed by atoms with Crippen molar-refractivity contribution in [3.8, 4) is 17.0 Å². The summed E-state index contributed by atoms with van der Waals surface area (Å²) >= 11 is 0. The SMILES string of the molecule is CCOc1ccccc1-c1cc(C(=O)Nc2ccc(N(C)C(C)=O)cc2)c2ccccc2n1. The Balaban J connectivity index is 1.71.